The minimum atomic E-state index is 0.305. The molecule has 110 valence electrons. The first-order chi connectivity index (χ1) is 9.84. The summed E-state index contributed by atoms with van der Waals surface area (Å²) in [5.41, 5.74) is 1.16. The van der Waals surface area contributed by atoms with Crippen LogP contribution in [0.25, 0.3) is 0 Å². The van der Waals surface area contributed by atoms with Crippen molar-refractivity contribution in [1.29, 1.82) is 0 Å². The van der Waals surface area contributed by atoms with Gasteiger partial charge in [0.2, 0.25) is 5.91 Å². The van der Waals surface area contributed by atoms with Crippen molar-refractivity contribution in [3.05, 3.63) is 18.2 Å². The van der Waals surface area contributed by atoms with Crippen molar-refractivity contribution < 1.29 is 4.79 Å². The number of amides is 1. The molecule has 1 aromatic rings. The summed E-state index contributed by atoms with van der Waals surface area (Å²) in [6, 6.07) is 0. The Morgan fingerprint density at radius 1 is 1.10 bits per heavy atom. The molecule has 0 atom stereocenters. The van der Waals surface area contributed by atoms with Gasteiger partial charge >= 0.3 is 0 Å². The predicted molar refractivity (Wildman–Crippen MR) is 78.3 cm³/mol. The minimum absolute atomic E-state index is 0.305. The third kappa shape index (κ3) is 3.05. The summed E-state index contributed by atoms with van der Waals surface area (Å²) in [5.74, 6) is 1.26. The number of rotatable bonds is 2. The molecule has 1 saturated carbocycles. The largest absolute Gasteiger partial charge is 0.351 e. The molecule has 0 unspecified atom stereocenters. The molecular formula is C16H25N3O. The first-order valence-corrected chi connectivity index (χ1v) is 8.12. The molecule has 4 nitrogen and oxygen atoms in total. The number of carbonyl (C=O) groups excluding carboxylic acids is 1. The van der Waals surface area contributed by atoms with E-state index < -0.39 is 0 Å². The fourth-order valence-corrected chi connectivity index (χ4v) is 3.68. The van der Waals surface area contributed by atoms with Crippen LogP contribution in [-0.2, 0) is 4.79 Å². The Hall–Kier alpha value is -1.32. The first-order valence-electron chi connectivity index (χ1n) is 8.12. The fraction of sp³-hybridized carbons (Fsp3) is 0.750. The van der Waals surface area contributed by atoms with Crippen LogP contribution >= 0.6 is 0 Å². The summed E-state index contributed by atoms with van der Waals surface area (Å²) in [5, 5.41) is 0. The summed E-state index contributed by atoms with van der Waals surface area (Å²) in [6.45, 7) is 1.82. The average Bonchev–Trinajstić information content (AvgIpc) is 2.89. The van der Waals surface area contributed by atoms with E-state index in [2.05, 4.69) is 14.9 Å². The summed E-state index contributed by atoms with van der Waals surface area (Å²) in [7, 11) is 0. The number of H-pyrrole nitrogens is 1. The van der Waals surface area contributed by atoms with Crippen molar-refractivity contribution in [3.8, 4) is 0 Å². The van der Waals surface area contributed by atoms with Gasteiger partial charge in [-0.2, -0.15) is 0 Å². The molecule has 3 rings (SSSR count). The van der Waals surface area contributed by atoms with E-state index >= 15 is 0 Å². The van der Waals surface area contributed by atoms with Gasteiger partial charge in [0, 0.05) is 31.1 Å². The average molecular weight is 275 g/mol. The van der Waals surface area contributed by atoms with E-state index in [1.54, 1.807) is 6.33 Å². The lowest BCUT2D eigenvalue weighted by Gasteiger charge is -2.33. The van der Waals surface area contributed by atoms with Crippen molar-refractivity contribution in [2.45, 2.75) is 57.3 Å². The Kier molecular flexibility index (Phi) is 4.38. The Morgan fingerprint density at radius 2 is 1.80 bits per heavy atom. The van der Waals surface area contributed by atoms with Crippen LogP contribution in [0.4, 0.5) is 0 Å². The van der Waals surface area contributed by atoms with Crippen molar-refractivity contribution in [3.63, 3.8) is 0 Å². The van der Waals surface area contributed by atoms with E-state index in [4.69, 9.17) is 0 Å². The number of aromatic nitrogens is 2. The number of imidazole rings is 1. The van der Waals surface area contributed by atoms with E-state index in [1.165, 1.54) is 25.7 Å². The molecule has 20 heavy (non-hydrogen) atoms. The van der Waals surface area contributed by atoms with Crippen molar-refractivity contribution in [1.82, 2.24) is 14.9 Å². The van der Waals surface area contributed by atoms with Gasteiger partial charge in [0.05, 0.1) is 12.0 Å². The number of likely N-dealkylation sites (tertiary alicyclic amines) is 1. The number of aromatic amines is 1. The summed E-state index contributed by atoms with van der Waals surface area (Å²) < 4.78 is 0. The van der Waals surface area contributed by atoms with Gasteiger partial charge in [-0.15, -0.1) is 0 Å². The number of piperidine rings is 1. The van der Waals surface area contributed by atoms with Gasteiger partial charge in [-0.25, -0.2) is 4.98 Å². The Morgan fingerprint density at radius 3 is 2.40 bits per heavy atom. The molecule has 1 saturated heterocycles. The molecule has 1 aromatic heterocycles. The number of nitrogens with one attached hydrogen (secondary N) is 1. The van der Waals surface area contributed by atoms with E-state index in [1.807, 2.05) is 6.20 Å². The topological polar surface area (TPSA) is 49.0 Å². The Labute approximate surface area is 121 Å². The monoisotopic (exact) mass is 275 g/mol. The normalized spacial score (nSPS) is 22.7. The van der Waals surface area contributed by atoms with Gasteiger partial charge in [-0.1, -0.05) is 25.7 Å². The number of hydrogen-bond acceptors (Lipinski definition) is 2. The zero-order chi connectivity index (χ0) is 13.8. The SMILES string of the molecule is O=C(C1CCCCCC1)N1CCC(c2c[nH]cn2)CC1. The van der Waals surface area contributed by atoms with Crippen molar-refractivity contribution >= 4 is 5.91 Å². The fourth-order valence-electron chi connectivity index (χ4n) is 3.68. The number of nitrogens with zero attached hydrogens (tertiary/aromatic N) is 2. The van der Waals surface area contributed by atoms with Gasteiger partial charge in [0.25, 0.3) is 0 Å². The molecule has 2 aliphatic rings. The van der Waals surface area contributed by atoms with Crippen LogP contribution in [0.1, 0.15) is 63.0 Å². The van der Waals surface area contributed by atoms with E-state index in [9.17, 15) is 4.79 Å². The molecule has 0 spiro atoms. The Bertz CT molecular complexity index is 413. The second kappa shape index (κ2) is 6.42. The van der Waals surface area contributed by atoms with Gasteiger partial charge < -0.3 is 9.88 Å². The van der Waals surface area contributed by atoms with Crippen LogP contribution in [0.15, 0.2) is 12.5 Å². The number of carbonyl (C=O) groups is 1. The standard InChI is InChI=1S/C16H25N3O/c20-16(14-5-3-1-2-4-6-14)19-9-7-13(8-10-19)15-11-17-12-18-15/h11-14H,1-10H2,(H,17,18). The van der Waals surface area contributed by atoms with E-state index in [0.29, 0.717) is 17.7 Å². The molecule has 1 aliphatic heterocycles. The third-order valence-electron chi connectivity index (χ3n) is 4.95. The van der Waals surface area contributed by atoms with Gasteiger partial charge in [0.15, 0.2) is 0 Å². The molecular weight excluding hydrogens is 250 g/mol. The van der Waals surface area contributed by atoms with Crippen LogP contribution in [0, 0.1) is 5.92 Å². The maximum atomic E-state index is 12.6. The molecule has 1 aliphatic carbocycles. The quantitative estimate of drug-likeness (QED) is 0.843. The van der Waals surface area contributed by atoms with Crippen LogP contribution in [0.2, 0.25) is 0 Å². The van der Waals surface area contributed by atoms with Crippen LogP contribution in [0.3, 0.4) is 0 Å². The molecule has 1 N–H and O–H groups in total. The minimum Gasteiger partial charge on any atom is -0.351 e. The highest BCUT2D eigenvalue weighted by Gasteiger charge is 2.29. The maximum Gasteiger partial charge on any atom is 0.225 e. The summed E-state index contributed by atoms with van der Waals surface area (Å²) in [4.78, 5) is 22.1. The molecule has 2 fully saturated rings. The molecule has 0 aromatic carbocycles. The van der Waals surface area contributed by atoms with Crippen molar-refractivity contribution in [2.75, 3.05) is 13.1 Å². The molecule has 0 radical (unpaired) electrons. The lowest BCUT2D eigenvalue weighted by Crippen LogP contribution is -2.41. The Balaban J connectivity index is 1.53. The lowest BCUT2D eigenvalue weighted by molar-refractivity contribution is -0.137. The summed E-state index contributed by atoms with van der Waals surface area (Å²) in [6.07, 6.45) is 13.2. The second-order valence-electron chi connectivity index (χ2n) is 6.28. The molecule has 0 bridgehead atoms. The maximum absolute atomic E-state index is 12.6. The van der Waals surface area contributed by atoms with Crippen molar-refractivity contribution in [2.24, 2.45) is 5.92 Å². The highest BCUT2D eigenvalue weighted by atomic mass is 16.2. The zero-order valence-corrected chi connectivity index (χ0v) is 12.2. The van der Waals surface area contributed by atoms with E-state index in [-0.39, 0.29) is 0 Å². The highest BCUT2D eigenvalue weighted by molar-refractivity contribution is 5.79. The first kappa shape index (κ1) is 13.7. The van der Waals surface area contributed by atoms with Gasteiger partial charge in [-0.05, 0) is 25.7 Å². The summed E-state index contributed by atoms with van der Waals surface area (Å²) >= 11 is 0. The van der Waals surface area contributed by atoms with Crippen LogP contribution < -0.4 is 0 Å². The highest BCUT2D eigenvalue weighted by Crippen LogP contribution is 2.29. The molecule has 2 heterocycles. The van der Waals surface area contributed by atoms with Crippen LogP contribution in [-0.4, -0.2) is 33.9 Å². The third-order valence-corrected chi connectivity index (χ3v) is 4.95. The number of hydrogen-bond donors (Lipinski definition) is 1. The van der Waals surface area contributed by atoms with Crippen LogP contribution in [0.5, 0.6) is 0 Å². The van der Waals surface area contributed by atoms with Gasteiger partial charge in [0.1, 0.15) is 0 Å². The smallest absolute Gasteiger partial charge is 0.225 e. The lowest BCUT2D eigenvalue weighted by atomic mass is 9.92. The predicted octanol–water partition coefficient (Wildman–Crippen LogP) is 3.09. The zero-order valence-electron chi connectivity index (χ0n) is 12.2. The second-order valence-corrected chi connectivity index (χ2v) is 6.28. The molecule has 1 amide bonds. The van der Waals surface area contributed by atoms with Gasteiger partial charge in [-0.3, -0.25) is 4.79 Å². The molecule has 4 heteroatoms. The van der Waals surface area contributed by atoms with E-state index in [0.717, 1.165) is 44.5 Å².